The Bertz CT molecular complexity index is 1130. The Hall–Kier alpha value is -3.08. The van der Waals surface area contributed by atoms with E-state index < -0.39 is 0 Å². The van der Waals surface area contributed by atoms with E-state index in [1.54, 1.807) is 6.33 Å². The Morgan fingerprint density at radius 2 is 1.73 bits per heavy atom. The van der Waals surface area contributed by atoms with Gasteiger partial charge in [-0.05, 0) is 44.9 Å². The number of ether oxygens (including phenoxy) is 1. The summed E-state index contributed by atoms with van der Waals surface area (Å²) in [5, 5.41) is 0.853. The maximum absolute atomic E-state index is 6.25. The fraction of sp³-hybridized carbons (Fsp3) is 0.462. The molecule has 2 aromatic heterocycles. The van der Waals surface area contributed by atoms with Gasteiger partial charge in [0.15, 0.2) is 0 Å². The lowest BCUT2D eigenvalue weighted by Gasteiger charge is -2.41. The van der Waals surface area contributed by atoms with Crippen molar-refractivity contribution in [1.82, 2.24) is 24.3 Å². The minimum Gasteiger partial charge on any atom is -0.481 e. The number of benzene rings is 1. The van der Waals surface area contributed by atoms with E-state index in [4.69, 9.17) is 10.5 Å². The molecule has 33 heavy (non-hydrogen) atoms. The molecule has 0 radical (unpaired) electrons. The molecule has 2 fully saturated rings. The van der Waals surface area contributed by atoms with Crippen molar-refractivity contribution < 1.29 is 4.74 Å². The molecule has 0 unspecified atom stereocenters. The first-order chi connectivity index (χ1) is 16.2. The first-order valence-electron chi connectivity index (χ1n) is 11.9. The molecule has 1 aliphatic carbocycles. The van der Waals surface area contributed by atoms with Crippen molar-refractivity contribution in [1.29, 1.82) is 0 Å². The first kappa shape index (κ1) is 21.7. The molecule has 1 aromatic carbocycles. The average molecular weight is 445 g/mol. The van der Waals surface area contributed by atoms with Gasteiger partial charge in [-0.15, -0.1) is 0 Å². The lowest BCUT2D eigenvalue weighted by atomic mass is 9.89. The topological polar surface area (TPSA) is 72.4 Å². The zero-order valence-electron chi connectivity index (χ0n) is 19.3. The van der Waals surface area contributed by atoms with Gasteiger partial charge in [-0.25, -0.2) is 9.97 Å². The van der Waals surface area contributed by atoms with E-state index in [0.29, 0.717) is 24.5 Å². The number of nitrogens with two attached hydrogens (primary N) is 1. The molecule has 0 bridgehead atoms. The Balaban J connectivity index is 1.30. The van der Waals surface area contributed by atoms with Gasteiger partial charge in [0, 0.05) is 44.5 Å². The predicted octanol–water partition coefficient (Wildman–Crippen LogP) is 3.18. The van der Waals surface area contributed by atoms with Gasteiger partial charge < -0.3 is 19.9 Å². The van der Waals surface area contributed by atoms with Crippen LogP contribution in [0.5, 0.6) is 5.75 Å². The molecule has 3 heterocycles. The fourth-order valence-electron chi connectivity index (χ4n) is 5.14. The highest BCUT2D eigenvalue weighted by Gasteiger charge is 2.29. The minimum atomic E-state index is 0.320. The molecule has 3 aromatic rings. The van der Waals surface area contributed by atoms with Crippen molar-refractivity contribution in [3.63, 3.8) is 0 Å². The number of hydrogen-bond donors (Lipinski definition) is 1. The Labute approximate surface area is 195 Å². The molecule has 7 nitrogen and oxygen atoms in total. The van der Waals surface area contributed by atoms with E-state index in [1.165, 1.54) is 39.0 Å². The van der Waals surface area contributed by atoms with Crippen LogP contribution in [0.2, 0.25) is 0 Å². The highest BCUT2D eigenvalue weighted by Crippen LogP contribution is 2.35. The summed E-state index contributed by atoms with van der Waals surface area (Å²) in [6, 6.07) is 10.8. The first-order valence-corrected chi connectivity index (χ1v) is 11.9. The number of aromatic nitrogens is 3. The molecule has 172 valence electrons. The van der Waals surface area contributed by atoms with Crippen LogP contribution in [0, 0.1) is 11.8 Å². The quantitative estimate of drug-likeness (QED) is 0.623. The summed E-state index contributed by atoms with van der Waals surface area (Å²) in [5.41, 5.74) is 8.02. The summed E-state index contributed by atoms with van der Waals surface area (Å²) in [6.07, 6.45) is 8.41. The Morgan fingerprint density at radius 3 is 2.48 bits per heavy atom. The Kier molecular flexibility index (Phi) is 6.47. The largest absolute Gasteiger partial charge is 0.481 e. The molecule has 0 spiro atoms. The van der Waals surface area contributed by atoms with E-state index in [9.17, 15) is 0 Å². The molecule has 0 amide bonds. The average Bonchev–Trinajstić information content (AvgIpc) is 3.23. The second kappa shape index (κ2) is 9.82. The van der Waals surface area contributed by atoms with Crippen LogP contribution in [-0.2, 0) is 0 Å². The second-order valence-electron chi connectivity index (χ2n) is 9.11. The molecular weight excluding hydrogens is 412 g/mol. The number of nitrogen functional groups attached to an aromatic ring is 1. The van der Waals surface area contributed by atoms with Crippen LogP contribution < -0.4 is 10.5 Å². The molecule has 2 aliphatic rings. The lowest BCUT2D eigenvalue weighted by Crippen LogP contribution is -2.49. The Morgan fingerprint density at radius 1 is 1.00 bits per heavy atom. The fourth-order valence-corrected chi connectivity index (χ4v) is 5.14. The maximum Gasteiger partial charge on any atom is 0.149 e. The molecule has 1 aliphatic heterocycles. The van der Waals surface area contributed by atoms with Crippen LogP contribution in [0.4, 0.5) is 5.82 Å². The summed E-state index contributed by atoms with van der Waals surface area (Å²) < 4.78 is 8.01. The third-order valence-electron chi connectivity index (χ3n) is 7.03. The van der Waals surface area contributed by atoms with Crippen LogP contribution in [0.25, 0.3) is 11.0 Å². The van der Waals surface area contributed by atoms with Gasteiger partial charge >= 0.3 is 0 Å². The molecule has 7 heteroatoms. The van der Waals surface area contributed by atoms with E-state index in [1.807, 2.05) is 30.3 Å². The molecule has 1 saturated heterocycles. The number of para-hydroxylation sites is 1. The highest BCUT2D eigenvalue weighted by molar-refractivity contribution is 5.92. The van der Waals surface area contributed by atoms with Gasteiger partial charge in [-0.1, -0.05) is 30.0 Å². The van der Waals surface area contributed by atoms with Crippen molar-refractivity contribution in [2.45, 2.75) is 37.8 Å². The summed E-state index contributed by atoms with van der Waals surface area (Å²) in [5.74, 6) is 7.68. The lowest BCUT2D eigenvalue weighted by molar-refractivity contribution is 0.0827. The van der Waals surface area contributed by atoms with E-state index >= 15 is 0 Å². The van der Waals surface area contributed by atoms with Gasteiger partial charge in [0.1, 0.15) is 30.1 Å². The van der Waals surface area contributed by atoms with Crippen molar-refractivity contribution in [3.05, 3.63) is 48.4 Å². The number of rotatable bonds is 4. The zero-order valence-corrected chi connectivity index (χ0v) is 19.3. The molecule has 1 saturated carbocycles. The maximum atomic E-state index is 6.25. The third-order valence-corrected chi connectivity index (χ3v) is 7.03. The van der Waals surface area contributed by atoms with E-state index in [-0.39, 0.29) is 0 Å². The third kappa shape index (κ3) is 4.82. The van der Waals surface area contributed by atoms with Gasteiger partial charge in [-0.3, -0.25) is 4.90 Å². The van der Waals surface area contributed by atoms with Crippen LogP contribution in [0.3, 0.4) is 0 Å². The molecule has 5 rings (SSSR count). The number of nitrogens with zero attached hydrogens (tertiary/aromatic N) is 5. The van der Waals surface area contributed by atoms with E-state index in [2.05, 4.69) is 49.4 Å². The summed E-state index contributed by atoms with van der Waals surface area (Å²) in [7, 11) is 2.22. The van der Waals surface area contributed by atoms with Crippen LogP contribution in [0.15, 0.2) is 42.9 Å². The summed E-state index contributed by atoms with van der Waals surface area (Å²) in [4.78, 5) is 13.9. The zero-order chi connectivity index (χ0) is 22.6. The second-order valence-corrected chi connectivity index (χ2v) is 9.11. The number of fused-ring (bicyclic) bond motifs is 1. The van der Waals surface area contributed by atoms with Gasteiger partial charge in [0.2, 0.25) is 0 Å². The van der Waals surface area contributed by atoms with Crippen molar-refractivity contribution in [3.8, 4) is 17.6 Å². The molecular formula is C26H32N6O. The summed E-state index contributed by atoms with van der Waals surface area (Å²) in [6.45, 7) is 5.04. The van der Waals surface area contributed by atoms with Crippen LogP contribution >= 0.6 is 0 Å². The number of likely N-dealkylation sites (N-methyl/N-ethyl adjacent to an activating group) is 1. The molecule has 0 atom stereocenters. The standard InChI is InChI=1S/C26H32N6O/c1-30-13-15-31(16-14-30)21-9-11-22(12-10-21)32-18-20(24-25(27)28-19-29-26(24)32)6-5-17-33-23-7-3-2-4-8-23/h2-4,7-8,18-19,21-22H,9-17H2,1H3,(H2,27,28,29)/t21-,22-. The van der Waals surface area contributed by atoms with Gasteiger partial charge in [0.25, 0.3) is 0 Å². The van der Waals surface area contributed by atoms with Crippen molar-refractivity contribution >= 4 is 16.9 Å². The molecule has 2 N–H and O–H groups in total. The highest BCUT2D eigenvalue weighted by atomic mass is 16.5. The van der Waals surface area contributed by atoms with Crippen LogP contribution in [0.1, 0.15) is 37.3 Å². The smallest absolute Gasteiger partial charge is 0.149 e. The van der Waals surface area contributed by atoms with Gasteiger partial charge in [-0.2, -0.15) is 0 Å². The number of piperazine rings is 1. The van der Waals surface area contributed by atoms with Gasteiger partial charge in [0.05, 0.1) is 10.9 Å². The predicted molar refractivity (Wildman–Crippen MR) is 131 cm³/mol. The SMILES string of the molecule is CN1CCN([C@H]2CC[C@H](n3cc(C#CCOc4ccccc4)c4c(N)ncnc43)CC2)CC1. The minimum absolute atomic E-state index is 0.320. The number of anilines is 1. The normalized spacial score (nSPS) is 22.1. The van der Waals surface area contributed by atoms with Crippen LogP contribution in [-0.4, -0.2) is 70.2 Å². The van der Waals surface area contributed by atoms with Crippen molar-refractivity contribution in [2.24, 2.45) is 0 Å². The van der Waals surface area contributed by atoms with E-state index in [0.717, 1.165) is 35.2 Å². The monoisotopic (exact) mass is 444 g/mol. The van der Waals surface area contributed by atoms with Crippen molar-refractivity contribution in [2.75, 3.05) is 45.6 Å². The summed E-state index contributed by atoms with van der Waals surface area (Å²) >= 11 is 0. The number of hydrogen-bond acceptors (Lipinski definition) is 6.